The van der Waals surface area contributed by atoms with Crippen LogP contribution >= 0.6 is 0 Å². The monoisotopic (exact) mass is 545 g/mol. The maximum Gasteiger partial charge on any atom is 0.250 e. The molecule has 0 unspecified atom stereocenters. The zero-order valence-corrected chi connectivity index (χ0v) is 23.0. The number of amides is 1. The average molecular weight is 546 g/mol. The lowest BCUT2D eigenvalue weighted by atomic mass is 10.1. The molecular weight excluding hydrogens is 514 g/mol. The number of aromatic nitrogens is 4. The topological polar surface area (TPSA) is 102 Å². The second-order valence-electron chi connectivity index (χ2n) is 10.1. The first kappa shape index (κ1) is 26.2. The molecule has 206 valence electrons. The van der Waals surface area contributed by atoms with Crippen molar-refractivity contribution in [1.82, 2.24) is 24.6 Å². The summed E-state index contributed by atoms with van der Waals surface area (Å²) < 4.78 is 7.68. The second kappa shape index (κ2) is 11.2. The van der Waals surface area contributed by atoms with Crippen molar-refractivity contribution in [3.8, 4) is 28.4 Å². The zero-order chi connectivity index (χ0) is 28.3. The molecule has 2 N–H and O–H groups in total. The van der Waals surface area contributed by atoms with Gasteiger partial charge >= 0.3 is 0 Å². The average Bonchev–Trinajstić information content (AvgIpc) is 3.78. The number of hydrogen-bond donors (Lipinski definition) is 1. The smallest absolute Gasteiger partial charge is 0.250 e. The van der Waals surface area contributed by atoms with Gasteiger partial charge in [-0.1, -0.05) is 24.3 Å². The van der Waals surface area contributed by atoms with Crippen LogP contribution < -0.4 is 15.4 Å². The summed E-state index contributed by atoms with van der Waals surface area (Å²) >= 11 is 0. The Labute approximate surface area is 238 Å². The molecule has 0 atom stereocenters. The molecule has 6 rings (SSSR count). The summed E-state index contributed by atoms with van der Waals surface area (Å²) in [4.78, 5) is 25.3. The quantitative estimate of drug-likeness (QED) is 0.245. The number of anilines is 2. The van der Waals surface area contributed by atoms with Crippen LogP contribution in [-0.4, -0.2) is 57.2 Å². The molecule has 0 spiro atoms. The Hall–Kier alpha value is -5.02. The number of nitrogen functional groups attached to an aromatic ring is 1. The van der Waals surface area contributed by atoms with E-state index in [4.69, 9.17) is 15.6 Å². The first-order valence-corrected chi connectivity index (χ1v) is 13.6. The van der Waals surface area contributed by atoms with Gasteiger partial charge in [0.15, 0.2) is 5.65 Å². The molecule has 1 aliphatic rings. The number of ether oxygens (including phenoxy) is 1. The second-order valence-corrected chi connectivity index (χ2v) is 10.1. The first-order chi connectivity index (χ1) is 20.0. The van der Waals surface area contributed by atoms with Gasteiger partial charge < -0.3 is 15.4 Å². The number of fused-ring (bicyclic) bond motifs is 1. The van der Waals surface area contributed by atoms with Crippen molar-refractivity contribution in [3.05, 3.63) is 97.3 Å². The van der Waals surface area contributed by atoms with E-state index in [9.17, 15) is 4.79 Å². The van der Waals surface area contributed by atoms with Crippen molar-refractivity contribution in [2.45, 2.75) is 18.9 Å². The minimum Gasteiger partial charge on any atom is -0.457 e. The third kappa shape index (κ3) is 5.66. The van der Waals surface area contributed by atoms with E-state index in [0.29, 0.717) is 34.3 Å². The van der Waals surface area contributed by atoms with Crippen LogP contribution in [0.15, 0.2) is 97.3 Å². The molecule has 9 nitrogen and oxygen atoms in total. The fourth-order valence-corrected chi connectivity index (χ4v) is 4.70. The van der Waals surface area contributed by atoms with Crippen molar-refractivity contribution in [2.75, 3.05) is 31.3 Å². The molecule has 2 aromatic heterocycles. The molecule has 1 aliphatic carbocycles. The van der Waals surface area contributed by atoms with Crippen LogP contribution in [0.5, 0.6) is 11.5 Å². The fourth-order valence-electron chi connectivity index (χ4n) is 4.70. The Bertz CT molecular complexity index is 1690. The van der Waals surface area contributed by atoms with Gasteiger partial charge in [0.05, 0.1) is 11.1 Å². The van der Waals surface area contributed by atoms with Crippen LogP contribution in [-0.2, 0) is 4.79 Å². The largest absolute Gasteiger partial charge is 0.457 e. The molecule has 41 heavy (non-hydrogen) atoms. The van der Waals surface area contributed by atoms with Gasteiger partial charge in [0.1, 0.15) is 29.3 Å². The van der Waals surface area contributed by atoms with Crippen molar-refractivity contribution >= 4 is 28.4 Å². The van der Waals surface area contributed by atoms with Crippen LogP contribution in [0.3, 0.4) is 0 Å². The molecule has 0 bridgehead atoms. The van der Waals surface area contributed by atoms with Gasteiger partial charge in [-0.25, -0.2) is 14.6 Å². The number of rotatable bonds is 9. The van der Waals surface area contributed by atoms with E-state index in [2.05, 4.69) is 21.9 Å². The maximum absolute atomic E-state index is 12.7. The lowest BCUT2D eigenvalue weighted by Gasteiger charge is -2.16. The van der Waals surface area contributed by atoms with Crippen LogP contribution in [0.2, 0.25) is 0 Å². The highest BCUT2D eigenvalue weighted by atomic mass is 16.5. The minimum atomic E-state index is -0.0750. The van der Waals surface area contributed by atoms with E-state index < -0.39 is 0 Å². The highest BCUT2D eigenvalue weighted by Crippen LogP contribution is 2.33. The van der Waals surface area contributed by atoms with Crippen LogP contribution in [0, 0.1) is 0 Å². The molecular formula is C32H31N7O2. The Morgan fingerprint density at radius 1 is 0.976 bits per heavy atom. The number of nitrogens with two attached hydrogens (primary N) is 1. The number of para-hydroxylation sites is 1. The normalized spacial score (nSPS) is 13.2. The summed E-state index contributed by atoms with van der Waals surface area (Å²) in [6, 6.07) is 25.6. The van der Waals surface area contributed by atoms with Gasteiger partial charge in [0.25, 0.3) is 0 Å². The van der Waals surface area contributed by atoms with E-state index in [1.165, 1.54) is 19.2 Å². The van der Waals surface area contributed by atoms with Gasteiger partial charge in [-0.2, -0.15) is 5.10 Å². The van der Waals surface area contributed by atoms with Gasteiger partial charge in [0.2, 0.25) is 5.91 Å². The van der Waals surface area contributed by atoms with Crippen LogP contribution in [0.25, 0.3) is 28.0 Å². The van der Waals surface area contributed by atoms with Gasteiger partial charge in [-0.05, 0) is 80.6 Å². The lowest BCUT2D eigenvalue weighted by molar-refractivity contribution is -0.113. The van der Waals surface area contributed by atoms with E-state index in [1.54, 1.807) is 22.7 Å². The number of likely N-dealkylation sites (N-methyl/N-ethyl adjacent to an activating group) is 2. The van der Waals surface area contributed by atoms with Crippen LogP contribution in [0.1, 0.15) is 12.8 Å². The predicted molar refractivity (Wildman–Crippen MR) is 161 cm³/mol. The molecule has 5 aromatic rings. The number of carbonyl (C=O) groups excluding carboxylic acids is 1. The summed E-state index contributed by atoms with van der Waals surface area (Å²) in [5.41, 5.74) is 10.00. The Morgan fingerprint density at radius 2 is 1.68 bits per heavy atom. The Balaban J connectivity index is 1.24. The minimum absolute atomic E-state index is 0.0750. The third-order valence-corrected chi connectivity index (χ3v) is 7.24. The van der Waals surface area contributed by atoms with Crippen molar-refractivity contribution in [2.24, 2.45) is 0 Å². The molecule has 1 saturated carbocycles. The standard InChI is InChI=1S/C32H31N7O2/c1-37(23-12-13-23)20-6-9-28(40)38(2)24-14-16-25(17-15-24)39-32-29(31(33)34-21-35-32)30(36-39)22-10-18-27(19-11-22)41-26-7-4-3-5-8-26/h3-11,14-19,21,23H,12-13,20H2,1-2H3,(H2,33,34,35). The Morgan fingerprint density at radius 3 is 2.39 bits per heavy atom. The highest BCUT2D eigenvalue weighted by Gasteiger charge is 2.25. The summed E-state index contributed by atoms with van der Waals surface area (Å²) in [7, 11) is 3.86. The molecule has 9 heteroatoms. The van der Waals surface area contributed by atoms with Gasteiger partial charge in [0, 0.05) is 37.0 Å². The van der Waals surface area contributed by atoms with Gasteiger partial charge in [-0.3, -0.25) is 9.69 Å². The number of hydrogen-bond acceptors (Lipinski definition) is 7. The predicted octanol–water partition coefficient (Wildman–Crippen LogP) is 5.47. The van der Waals surface area contributed by atoms with Crippen molar-refractivity contribution < 1.29 is 9.53 Å². The molecule has 0 radical (unpaired) electrons. The van der Waals surface area contributed by atoms with Crippen LogP contribution in [0.4, 0.5) is 11.5 Å². The van der Waals surface area contributed by atoms with E-state index in [1.807, 2.05) is 84.9 Å². The molecule has 2 heterocycles. The number of carbonyl (C=O) groups is 1. The highest BCUT2D eigenvalue weighted by molar-refractivity contribution is 6.01. The molecule has 1 fully saturated rings. The number of benzene rings is 3. The summed E-state index contributed by atoms with van der Waals surface area (Å²) in [6.07, 6.45) is 7.48. The first-order valence-electron chi connectivity index (χ1n) is 13.6. The van der Waals surface area contributed by atoms with Gasteiger partial charge in [-0.15, -0.1) is 0 Å². The molecule has 3 aromatic carbocycles. The summed E-state index contributed by atoms with van der Waals surface area (Å²) in [5, 5.41) is 5.56. The third-order valence-electron chi connectivity index (χ3n) is 7.24. The maximum atomic E-state index is 12.7. The Kier molecular flexibility index (Phi) is 7.18. The number of nitrogens with zero attached hydrogens (tertiary/aromatic N) is 6. The van der Waals surface area contributed by atoms with Crippen molar-refractivity contribution in [3.63, 3.8) is 0 Å². The molecule has 0 aliphatic heterocycles. The lowest BCUT2D eigenvalue weighted by Crippen LogP contribution is -2.25. The summed E-state index contributed by atoms with van der Waals surface area (Å²) in [6.45, 7) is 0.770. The van der Waals surface area contributed by atoms with E-state index in [0.717, 1.165) is 29.2 Å². The van der Waals surface area contributed by atoms with Crippen molar-refractivity contribution in [1.29, 1.82) is 0 Å². The molecule has 1 amide bonds. The summed E-state index contributed by atoms with van der Waals surface area (Å²) in [5.74, 6) is 1.75. The SMILES string of the molecule is CN(C(=O)C=CCN(C)C1CC1)c1ccc(-n2nc(-c3ccc(Oc4ccccc4)cc3)c3c(N)ncnc32)cc1. The molecule has 0 saturated heterocycles. The van der Waals surface area contributed by atoms with E-state index >= 15 is 0 Å². The van der Waals surface area contributed by atoms with E-state index in [-0.39, 0.29) is 5.91 Å². The fraction of sp³-hybridized carbons (Fsp3) is 0.188. The zero-order valence-electron chi connectivity index (χ0n) is 23.0.